The lowest BCUT2D eigenvalue weighted by Gasteiger charge is -2.43. The van der Waals surface area contributed by atoms with Crippen LogP contribution in [0.15, 0.2) is 0 Å². The van der Waals surface area contributed by atoms with Crippen molar-refractivity contribution in [3.8, 4) is 0 Å². The van der Waals surface area contributed by atoms with Gasteiger partial charge in [0.2, 0.25) is 0 Å². The van der Waals surface area contributed by atoms with Gasteiger partial charge in [0.15, 0.2) is 18.3 Å². The summed E-state index contributed by atoms with van der Waals surface area (Å²) in [5, 5.41) is 0. The largest absolute Gasteiger partial charge is 0.463 e. The first-order valence-electron chi connectivity index (χ1n) is 7.42. The minimum absolute atomic E-state index is 0.206. The van der Waals surface area contributed by atoms with Gasteiger partial charge in [-0.25, -0.2) is 0 Å². The first kappa shape index (κ1) is 20.0. The van der Waals surface area contributed by atoms with Gasteiger partial charge >= 0.3 is 23.9 Å². The Hall–Kier alpha value is -2.10. The van der Waals surface area contributed by atoms with Gasteiger partial charge in [-0.2, -0.15) is 0 Å². The SMILES string of the molecule is B[C@H]1OC(COC(C)=O)C(OC(C)=O)C(OC(C)=O)C1OC(C)=O. The molecular formula is C14H21BO9. The topological polar surface area (TPSA) is 114 Å². The number of hydrogen-bond acceptors (Lipinski definition) is 9. The van der Waals surface area contributed by atoms with E-state index >= 15 is 0 Å². The van der Waals surface area contributed by atoms with Crippen molar-refractivity contribution in [3.05, 3.63) is 0 Å². The van der Waals surface area contributed by atoms with Crippen molar-refractivity contribution >= 4 is 31.7 Å². The fourth-order valence-corrected chi connectivity index (χ4v) is 2.44. The van der Waals surface area contributed by atoms with Gasteiger partial charge in [-0.05, 0) is 0 Å². The molecule has 0 saturated carbocycles. The molecule has 0 aromatic carbocycles. The molecule has 5 atom stereocenters. The van der Waals surface area contributed by atoms with E-state index in [-0.39, 0.29) is 6.61 Å². The molecule has 1 heterocycles. The molecule has 1 aliphatic heterocycles. The molecule has 0 aliphatic carbocycles. The number of rotatable bonds is 5. The molecule has 10 heteroatoms. The van der Waals surface area contributed by atoms with Gasteiger partial charge in [0.05, 0.1) is 6.00 Å². The van der Waals surface area contributed by atoms with E-state index in [1.165, 1.54) is 27.7 Å². The van der Waals surface area contributed by atoms with Crippen LogP contribution in [0.2, 0.25) is 0 Å². The molecule has 0 radical (unpaired) electrons. The highest BCUT2D eigenvalue weighted by Gasteiger charge is 2.50. The van der Waals surface area contributed by atoms with Crippen molar-refractivity contribution in [1.29, 1.82) is 0 Å². The van der Waals surface area contributed by atoms with Crippen LogP contribution in [0.4, 0.5) is 0 Å². The van der Waals surface area contributed by atoms with Crippen molar-refractivity contribution in [3.63, 3.8) is 0 Å². The van der Waals surface area contributed by atoms with E-state index in [2.05, 4.69) is 0 Å². The fraction of sp³-hybridized carbons (Fsp3) is 0.714. The standard InChI is InChI=1S/C14H21BO9/c1-6(16)20-5-10-11(21-7(2)17)12(22-8(3)18)13(14(15)24-10)23-9(4)19/h10-14H,5,15H2,1-4H3/t10?,11?,12?,13?,14-/m0/s1. The van der Waals surface area contributed by atoms with Crippen molar-refractivity contribution in [1.82, 2.24) is 0 Å². The molecule has 24 heavy (non-hydrogen) atoms. The molecule has 0 bridgehead atoms. The van der Waals surface area contributed by atoms with Crippen molar-refractivity contribution in [2.24, 2.45) is 0 Å². The zero-order chi connectivity index (χ0) is 18.4. The monoisotopic (exact) mass is 344 g/mol. The third kappa shape index (κ3) is 5.84. The van der Waals surface area contributed by atoms with Crippen LogP contribution in [0, 0.1) is 0 Å². The molecule has 0 amide bonds. The zero-order valence-electron chi connectivity index (χ0n) is 14.3. The Bertz CT molecular complexity index is 506. The number of ether oxygens (including phenoxy) is 5. The van der Waals surface area contributed by atoms with Gasteiger partial charge in [-0.15, -0.1) is 0 Å². The van der Waals surface area contributed by atoms with Gasteiger partial charge in [0.25, 0.3) is 0 Å². The second-order valence-corrected chi connectivity index (χ2v) is 5.40. The van der Waals surface area contributed by atoms with Crippen LogP contribution in [0.1, 0.15) is 27.7 Å². The first-order chi connectivity index (χ1) is 11.1. The van der Waals surface area contributed by atoms with Crippen molar-refractivity contribution in [2.45, 2.75) is 58.1 Å². The van der Waals surface area contributed by atoms with Crippen molar-refractivity contribution < 1.29 is 42.9 Å². The maximum absolute atomic E-state index is 11.4. The van der Waals surface area contributed by atoms with E-state index in [0.717, 1.165) is 0 Å². The lowest BCUT2D eigenvalue weighted by Crippen LogP contribution is -2.62. The maximum Gasteiger partial charge on any atom is 0.303 e. The van der Waals surface area contributed by atoms with Crippen LogP contribution in [-0.4, -0.2) is 68.7 Å². The van der Waals surface area contributed by atoms with Crippen LogP contribution in [0.25, 0.3) is 0 Å². The Morgan fingerprint density at radius 2 is 1.25 bits per heavy atom. The van der Waals surface area contributed by atoms with E-state index in [9.17, 15) is 19.2 Å². The highest BCUT2D eigenvalue weighted by molar-refractivity contribution is 6.11. The Labute approximate surface area is 140 Å². The highest BCUT2D eigenvalue weighted by atomic mass is 16.7. The predicted molar refractivity (Wildman–Crippen MR) is 80.5 cm³/mol. The minimum atomic E-state index is -1.09. The lowest BCUT2D eigenvalue weighted by atomic mass is 9.84. The fourth-order valence-electron chi connectivity index (χ4n) is 2.44. The Balaban J connectivity index is 3.11. The summed E-state index contributed by atoms with van der Waals surface area (Å²) in [6, 6.07) is -0.675. The molecule has 1 rings (SSSR count). The molecule has 1 fully saturated rings. The van der Waals surface area contributed by atoms with Crippen LogP contribution in [0.3, 0.4) is 0 Å². The van der Waals surface area contributed by atoms with Crippen LogP contribution < -0.4 is 0 Å². The minimum Gasteiger partial charge on any atom is -0.463 e. The van der Waals surface area contributed by atoms with Gasteiger partial charge in [0.1, 0.15) is 20.6 Å². The molecule has 0 N–H and O–H groups in total. The average molecular weight is 344 g/mol. The van der Waals surface area contributed by atoms with E-state index in [4.69, 9.17) is 23.7 Å². The van der Waals surface area contributed by atoms with Gasteiger partial charge in [-0.1, -0.05) is 0 Å². The second-order valence-electron chi connectivity index (χ2n) is 5.40. The van der Waals surface area contributed by atoms with E-state index in [0.29, 0.717) is 0 Å². The molecule has 0 spiro atoms. The molecule has 134 valence electrons. The molecular weight excluding hydrogens is 323 g/mol. The number of hydrogen-bond donors (Lipinski definition) is 0. The smallest absolute Gasteiger partial charge is 0.303 e. The summed E-state index contributed by atoms with van der Waals surface area (Å²) in [6.45, 7) is 4.56. The third-order valence-electron chi connectivity index (χ3n) is 3.22. The molecule has 1 aliphatic rings. The summed E-state index contributed by atoms with van der Waals surface area (Å²) in [5.41, 5.74) is 0. The van der Waals surface area contributed by atoms with E-state index in [1.54, 1.807) is 7.85 Å². The van der Waals surface area contributed by atoms with Crippen LogP contribution in [0.5, 0.6) is 0 Å². The van der Waals surface area contributed by atoms with Crippen molar-refractivity contribution in [2.75, 3.05) is 6.61 Å². The summed E-state index contributed by atoms with van der Waals surface area (Å²) in [6.07, 6.45) is -4.01. The quantitative estimate of drug-likeness (QED) is 0.341. The number of esters is 4. The molecule has 0 aromatic heterocycles. The van der Waals surface area contributed by atoms with E-state index in [1.807, 2.05) is 0 Å². The summed E-state index contributed by atoms with van der Waals surface area (Å²) in [7, 11) is 1.61. The summed E-state index contributed by atoms with van der Waals surface area (Å²) < 4.78 is 26.1. The molecule has 9 nitrogen and oxygen atoms in total. The summed E-state index contributed by atoms with van der Waals surface area (Å²) in [5.74, 6) is -2.44. The van der Waals surface area contributed by atoms with Crippen LogP contribution >= 0.6 is 0 Å². The average Bonchev–Trinajstić information content (AvgIpc) is 2.42. The maximum atomic E-state index is 11.4. The van der Waals surface area contributed by atoms with Gasteiger partial charge < -0.3 is 23.7 Å². The third-order valence-corrected chi connectivity index (χ3v) is 3.22. The molecule has 0 aromatic rings. The first-order valence-corrected chi connectivity index (χ1v) is 7.42. The summed E-state index contributed by atoms with van der Waals surface area (Å²) in [4.78, 5) is 45.2. The summed E-state index contributed by atoms with van der Waals surface area (Å²) >= 11 is 0. The highest BCUT2D eigenvalue weighted by Crippen LogP contribution is 2.27. The van der Waals surface area contributed by atoms with Gasteiger partial charge in [-0.3, -0.25) is 19.2 Å². The molecule has 1 saturated heterocycles. The lowest BCUT2D eigenvalue weighted by molar-refractivity contribution is -0.239. The number of carbonyl (C=O) groups excluding carboxylic acids is 4. The van der Waals surface area contributed by atoms with E-state index < -0.39 is 54.3 Å². The van der Waals surface area contributed by atoms with Crippen LogP contribution in [-0.2, 0) is 42.9 Å². The normalized spacial score (nSPS) is 29.2. The predicted octanol–water partition coefficient (Wildman–Crippen LogP) is -1.30. The Morgan fingerprint density at radius 1 is 0.792 bits per heavy atom. The Kier molecular flexibility index (Phi) is 7.21. The molecule has 4 unspecified atom stereocenters. The second kappa shape index (κ2) is 8.67. The Morgan fingerprint density at radius 3 is 1.71 bits per heavy atom. The van der Waals surface area contributed by atoms with Gasteiger partial charge in [0, 0.05) is 27.7 Å². The number of carbonyl (C=O) groups is 4. The zero-order valence-corrected chi connectivity index (χ0v) is 14.3.